The van der Waals surface area contributed by atoms with E-state index >= 15 is 0 Å². The van der Waals surface area contributed by atoms with Crippen molar-refractivity contribution in [2.45, 2.75) is 57.5 Å². The van der Waals surface area contributed by atoms with Crippen molar-refractivity contribution in [2.24, 2.45) is 0 Å². The summed E-state index contributed by atoms with van der Waals surface area (Å²) < 4.78 is 0. The molecule has 0 radical (unpaired) electrons. The molecule has 166 valence electrons. The maximum atomic E-state index is 13.5. The number of rotatable bonds is 8. The highest BCUT2D eigenvalue weighted by atomic mass is 35.5. The van der Waals surface area contributed by atoms with Crippen LogP contribution in [-0.2, 0) is 16.0 Å². The van der Waals surface area contributed by atoms with E-state index in [0.29, 0.717) is 18.0 Å². The van der Waals surface area contributed by atoms with Crippen LogP contribution >= 0.6 is 23.2 Å². The van der Waals surface area contributed by atoms with Crippen LogP contribution in [0.4, 0.5) is 0 Å². The van der Waals surface area contributed by atoms with Crippen LogP contribution in [-0.4, -0.2) is 35.2 Å². The molecule has 0 saturated heterocycles. The molecule has 1 saturated carbocycles. The lowest BCUT2D eigenvalue weighted by atomic mass is 9.94. The van der Waals surface area contributed by atoms with Gasteiger partial charge in [0.1, 0.15) is 11.9 Å². The van der Waals surface area contributed by atoms with E-state index < -0.39 is 6.04 Å². The summed E-state index contributed by atoms with van der Waals surface area (Å²) in [4.78, 5) is 27.9. The highest BCUT2D eigenvalue weighted by Crippen LogP contribution is 2.26. The van der Waals surface area contributed by atoms with Gasteiger partial charge in [0.25, 0.3) is 0 Å². The lowest BCUT2D eigenvalue weighted by Gasteiger charge is -2.33. The third-order valence-corrected chi connectivity index (χ3v) is 6.52. The zero-order valence-electron chi connectivity index (χ0n) is 17.9. The molecule has 0 heterocycles. The molecule has 1 fully saturated rings. The molecule has 3 rings (SSSR count). The van der Waals surface area contributed by atoms with Crippen molar-refractivity contribution in [1.29, 1.82) is 0 Å². The average molecular weight is 461 g/mol. The predicted molar refractivity (Wildman–Crippen MR) is 127 cm³/mol. The number of benzene rings is 2. The first-order valence-electron chi connectivity index (χ1n) is 11.0. The van der Waals surface area contributed by atoms with Crippen LogP contribution in [0.3, 0.4) is 0 Å². The number of aryl methyl sites for hydroxylation is 1. The number of nitrogens with zero attached hydrogens (tertiary/aromatic N) is 1. The summed E-state index contributed by atoms with van der Waals surface area (Å²) in [6.45, 7) is 2.35. The molecule has 0 aliphatic heterocycles. The number of hydrogen-bond donors (Lipinski definition) is 1. The van der Waals surface area contributed by atoms with Crippen LogP contribution < -0.4 is 5.32 Å². The summed E-state index contributed by atoms with van der Waals surface area (Å²) in [6, 6.07) is 14.8. The predicted octanol–water partition coefficient (Wildman–Crippen LogP) is 5.45. The smallest absolute Gasteiger partial charge is 0.247 e. The van der Waals surface area contributed by atoms with Gasteiger partial charge in [0, 0.05) is 17.6 Å². The summed E-state index contributed by atoms with van der Waals surface area (Å²) in [5.41, 5.74) is 2.82. The molecule has 31 heavy (non-hydrogen) atoms. The third-order valence-electron chi connectivity index (χ3n) is 5.92. The Bertz CT molecular complexity index is 879. The second kappa shape index (κ2) is 11.5. The first-order chi connectivity index (χ1) is 15.0. The van der Waals surface area contributed by atoms with Gasteiger partial charge in [0.15, 0.2) is 0 Å². The van der Waals surface area contributed by atoms with E-state index in [2.05, 4.69) is 5.32 Å². The Hall–Kier alpha value is -2.04. The van der Waals surface area contributed by atoms with Crippen molar-refractivity contribution in [1.82, 2.24) is 10.2 Å². The summed E-state index contributed by atoms with van der Waals surface area (Å²) >= 11 is 12.3. The van der Waals surface area contributed by atoms with Gasteiger partial charge in [0.2, 0.25) is 11.8 Å². The number of alkyl halides is 1. The number of halogens is 2. The first-order valence-corrected chi connectivity index (χ1v) is 11.9. The van der Waals surface area contributed by atoms with Crippen LogP contribution in [0.1, 0.15) is 54.8 Å². The zero-order chi connectivity index (χ0) is 22.2. The molecule has 1 aliphatic rings. The second-order valence-corrected chi connectivity index (χ2v) is 8.89. The topological polar surface area (TPSA) is 49.4 Å². The van der Waals surface area contributed by atoms with Crippen molar-refractivity contribution >= 4 is 35.0 Å². The van der Waals surface area contributed by atoms with Gasteiger partial charge in [-0.25, -0.2) is 0 Å². The van der Waals surface area contributed by atoms with Gasteiger partial charge in [-0.15, -0.1) is 11.6 Å². The summed E-state index contributed by atoms with van der Waals surface area (Å²) in [6.07, 6.45) is 5.96. The minimum atomic E-state index is -0.726. The quantitative estimate of drug-likeness (QED) is 0.532. The van der Waals surface area contributed by atoms with E-state index in [1.807, 2.05) is 55.5 Å². The van der Waals surface area contributed by atoms with E-state index in [4.69, 9.17) is 23.2 Å². The fourth-order valence-electron chi connectivity index (χ4n) is 4.17. The van der Waals surface area contributed by atoms with E-state index in [-0.39, 0.29) is 23.7 Å². The molecule has 1 atom stereocenters. The monoisotopic (exact) mass is 460 g/mol. The molecule has 2 aromatic carbocycles. The number of carbonyl (C=O) groups is 2. The Balaban J connectivity index is 1.88. The van der Waals surface area contributed by atoms with Gasteiger partial charge in [-0.3, -0.25) is 9.59 Å². The number of hydrogen-bond acceptors (Lipinski definition) is 2. The summed E-state index contributed by atoms with van der Waals surface area (Å²) in [5.74, 6) is -0.590. The Labute approximate surface area is 194 Å². The van der Waals surface area contributed by atoms with E-state index in [0.717, 1.165) is 42.4 Å². The fourth-order valence-corrected chi connectivity index (χ4v) is 4.55. The molecule has 2 amide bonds. The van der Waals surface area contributed by atoms with Gasteiger partial charge in [-0.1, -0.05) is 78.9 Å². The van der Waals surface area contributed by atoms with Crippen LogP contribution in [0.5, 0.6) is 0 Å². The average Bonchev–Trinajstić information content (AvgIpc) is 2.78. The third kappa shape index (κ3) is 6.47. The van der Waals surface area contributed by atoms with Gasteiger partial charge in [-0.2, -0.15) is 0 Å². The van der Waals surface area contributed by atoms with E-state index in [1.165, 1.54) is 6.42 Å². The Morgan fingerprint density at radius 2 is 1.74 bits per heavy atom. The molecule has 4 nitrogen and oxygen atoms in total. The lowest BCUT2D eigenvalue weighted by molar-refractivity contribution is -0.139. The maximum Gasteiger partial charge on any atom is 0.247 e. The molecule has 0 bridgehead atoms. The normalized spacial score (nSPS) is 15.3. The zero-order valence-corrected chi connectivity index (χ0v) is 19.5. The number of nitrogens with one attached hydrogen (secondary N) is 1. The van der Waals surface area contributed by atoms with Crippen LogP contribution in [0.2, 0.25) is 5.02 Å². The molecular formula is C25H30Cl2N2O2. The minimum Gasteiger partial charge on any atom is -0.351 e. The largest absolute Gasteiger partial charge is 0.351 e. The minimum absolute atomic E-state index is 0.145. The highest BCUT2D eigenvalue weighted by molar-refractivity contribution is 6.31. The van der Waals surface area contributed by atoms with Crippen molar-refractivity contribution in [3.8, 4) is 0 Å². The van der Waals surface area contributed by atoms with Gasteiger partial charge >= 0.3 is 0 Å². The Morgan fingerprint density at radius 3 is 2.39 bits per heavy atom. The second-order valence-electron chi connectivity index (χ2n) is 8.22. The van der Waals surface area contributed by atoms with Crippen molar-refractivity contribution in [3.05, 3.63) is 70.2 Å². The van der Waals surface area contributed by atoms with Crippen molar-refractivity contribution in [3.63, 3.8) is 0 Å². The molecular weight excluding hydrogens is 431 g/mol. The standard InChI is InChI=1S/C25H30Cl2N2O2/c1-18-11-13-20(14-12-18)24(25(31)28-21-8-3-2-4-9-21)29(23(30)17-26)16-15-19-7-5-6-10-22(19)27/h5-7,10-14,21,24H,2-4,8-9,15-17H2,1H3,(H,28,31)/t24-/m0/s1. The van der Waals surface area contributed by atoms with Crippen molar-refractivity contribution < 1.29 is 9.59 Å². The van der Waals surface area contributed by atoms with Gasteiger partial charge < -0.3 is 10.2 Å². The molecule has 2 aromatic rings. The van der Waals surface area contributed by atoms with Crippen LogP contribution in [0, 0.1) is 6.92 Å². The molecule has 1 N–H and O–H groups in total. The number of amides is 2. The Kier molecular flexibility index (Phi) is 8.79. The van der Waals surface area contributed by atoms with Crippen molar-refractivity contribution in [2.75, 3.05) is 12.4 Å². The molecule has 0 aromatic heterocycles. The van der Waals surface area contributed by atoms with Crippen LogP contribution in [0.15, 0.2) is 48.5 Å². The Morgan fingerprint density at radius 1 is 1.06 bits per heavy atom. The van der Waals surface area contributed by atoms with Gasteiger partial charge in [0.05, 0.1) is 0 Å². The number of carbonyl (C=O) groups excluding carboxylic acids is 2. The van der Waals surface area contributed by atoms with E-state index in [9.17, 15) is 9.59 Å². The fraction of sp³-hybridized carbons (Fsp3) is 0.440. The molecule has 1 aliphatic carbocycles. The molecule has 0 unspecified atom stereocenters. The molecule has 0 spiro atoms. The van der Waals surface area contributed by atoms with Gasteiger partial charge in [-0.05, 0) is 43.4 Å². The first kappa shape index (κ1) is 23.6. The molecule has 6 heteroatoms. The summed E-state index contributed by atoms with van der Waals surface area (Å²) in [7, 11) is 0. The van der Waals surface area contributed by atoms with E-state index in [1.54, 1.807) is 4.90 Å². The van der Waals surface area contributed by atoms with Crippen LogP contribution in [0.25, 0.3) is 0 Å². The summed E-state index contributed by atoms with van der Waals surface area (Å²) in [5, 5.41) is 3.85. The maximum absolute atomic E-state index is 13.5. The lowest BCUT2D eigenvalue weighted by Crippen LogP contribution is -2.48. The SMILES string of the molecule is Cc1ccc([C@@H](C(=O)NC2CCCCC2)N(CCc2ccccc2Cl)C(=O)CCl)cc1. The highest BCUT2D eigenvalue weighted by Gasteiger charge is 2.32.